The third kappa shape index (κ3) is 3.82. The Morgan fingerprint density at radius 1 is 1.00 bits per heavy atom. The first-order valence-electron chi connectivity index (χ1n) is 8.31. The zero-order valence-electron chi connectivity index (χ0n) is 14.1. The minimum absolute atomic E-state index is 0.0880. The summed E-state index contributed by atoms with van der Waals surface area (Å²) in [4.78, 5) is 25.1. The maximum Gasteiger partial charge on any atom is 0.271 e. The molecule has 3 rings (SSSR count). The van der Waals surface area contributed by atoms with Gasteiger partial charge in [-0.15, -0.1) is 0 Å². The Kier molecular flexibility index (Phi) is 4.93. The van der Waals surface area contributed by atoms with Gasteiger partial charge in [-0.2, -0.15) is 0 Å². The lowest BCUT2D eigenvalue weighted by Crippen LogP contribution is -2.46. The number of rotatable bonds is 4. The topological polar surface area (TPSA) is 61.4 Å². The van der Waals surface area contributed by atoms with Crippen LogP contribution in [0, 0.1) is 0 Å². The number of para-hydroxylation sites is 1. The summed E-state index contributed by atoms with van der Waals surface area (Å²) in [6.07, 6.45) is 3.24. The number of hydrogen-bond acceptors (Lipinski definition) is 5. The van der Waals surface area contributed by atoms with Gasteiger partial charge in [0.05, 0.1) is 12.4 Å². The second kappa shape index (κ2) is 7.29. The van der Waals surface area contributed by atoms with Crippen LogP contribution in [0.5, 0.6) is 0 Å². The van der Waals surface area contributed by atoms with Crippen molar-refractivity contribution in [1.82, 2.24) is 15.3 Å². The summed E-state index contributed by atoms with van der Waals surface area (Å²) in [5.74, 6) is 0.641. The van der Waals surface area contributed by atoms with Gasteiger partial charge in [-0.1, -0.05) is 18.2 Å². The molecular formula is C18H23N5O. The van der Waals surface area contributed by atoms with E-state index in [-0.39, 0.29) is 11.9 Å². The first-order valence-corrected chi connectivity index (χ1v) is 8.31. The summed E-state index contributed by atoms with van der Waals surface area (Å²) >= 11 is 0. The van der Waals surface area contributed by atoms with E-state index in [2.05, 4.69) is 49.4 Å². The van der Waals surface area contributed by atoms with Crippen LogP contribution in [0.25, 0.3) is 0 Å². The van der Waals surface area contributed by atoms with Gasteiger partial charge in [0.25, 0.3) is 5.91 Å². The van der Waals surface area contributed by atoms with E-state index in [1.807, 2.05) is 19.9 Å². The summed E-state index contributed by atoms with van der Waals surface area (Å²) in [7, 11) is 0. The Morgan fingerprint density at radius 3 is 2.25 bits per heavy atom. The van der Waals surface area contributed by atoms with Gasteiger partial charge in [-0.25, -0.2) is 9.97 Å². The SMILES string of the molecule is CC(C)NC(=O)c1cnc(N2CCN(c3ccccc3)CC2)cn1. The second-order valence-electron chi connectivity index (χ2n) is 6.20. The molecule has 1 saturated heterocycles. The van der Waals surface area contributed by atoms with Crippen molar-refractivity contribution in [1.29, 1.82) is 0 Å². The molecule has 0 radical (unpaired) electrons. The number of amides is 1. The van der Waals surface area contributed by atoms with E-state index in [0.717, 1.165) is 32.0 Å². The maximum atomic E-state index is 11.9. The van der Waals surface area contributed by atoms with E-state index < -0.39 is 0 Å². The van der Waals surface area contributed by atoms with Crippen LogP contribution in [0.1, 0.15) is 24.3 Å². The second-order valence-corrected chi connectivity index (χ2v) is 6.20. The van der Waals surface area contributed by atoms with Crippen molar-refractivity contribution in [2.24, 2.45) is 0 Å². The van der Waals surface area contributed by atoms with Crippen molar-refractivity contribution >= 4 is 17.4 Å². The van der Waals surface area contributed by atoms with Crippen molar-refractivity contribution in [2.45, 2.75) is 19.9 Å². The standard InChI is InChI=1S/C18H23N5O/c1-14(2)21-18(24)16-12-20-17(13-19-16)23-10-8-22(9-11-23)15-6-4-3-5-7-15/h3-7,12-14H,8-11H2,1-2H3,(H,21,24). The molecule has 2 heterocycles. The van der Waals surface area contributed by atoms with Crippen LogP contribution in [0.15, 0.2) is 42.7 Å². The molecule has 24 heavy (non-hydrogen) atoms. The minimum atomic E-state index is -0.182. The number of aromatic nitrogens is 2. The fraction of sp³-hybridized carbons (Fsp3) is 0.389. The minimum Gasteiger partial charge on any atom is -0.368 e. The first kappa shape index (κ1) is 16.2. The molecule has 0 unspecified atom stereocenters. The van der Waals surface area contributed by atoms with Crippen LogP contribution < -0.4 is 15.1 Å². The van der Waals surface area contributed by atoms with Gasteiger partial charge in [-0.3, -0.25) is 4.79 Å². The van der Waals surface area contributed by atoms with Crippen LogP contribution in [0.4, 0.5) is 11.5 Å². The molecule has 1 amide bonds. The molecule has 1 aromatic carbocycles. The smallest absolute Gasteiger partial charge is 0.271 e. The molecule has 1 N–H and O–H groups in total. The zero-order valence-corrected chi connectivity index (χ0v) is 14.1. The Hall–Kier alpha value is -2.63. The molecule has 1 aliphatic rings. The largest absolute Gasteiger partial charge is 0.368 e. The van der Waals surface area contributed by atoms with Crippen LogP contribution in [-0.2, 0) is 0 Å². The Labute approximate surface area is 142 Å². The van der Waals surface area contributed by atoms with Crippen LogP contribution in [0.2, 0.25) is 0 Å². The first-order chi connectivity index (χ1) is 11.6. The van der Waals surface area contributed by atoms with Gasteiger partial charge in [0.1, 0.15) is 11.5 Å². The van der Waals surface area contributed by atoms with Gasteiger partial charge < -0.3 is 15.1 Å². The molecule has 1 aliphatic heterocycles. The molecule has 6 heteroatoms. The van der Waals surface area contributed by atoms with Crippen LogP contribution >= 0.6 is 0 Å². The van der Waals surface area contributed by atoms with E-state index >= 15 is 0 Å². The summed E-state index contributed by atoms with van der Waals surface area (Å²) in [6, 6.07) is 10.5. The van der Waals surface area contributed by atoms with Gasteiger partial charge in [0.2, 0.25) is 0 Å². The van der Waals surface area contributed by atoms with Crippen LogP contribution in [0.3, 0.4) is 0 Å². The number of benzene rings is 1. The molecule has 1 aromatic heterocycles. The third-order valence-corrected chi connectivity index (χ3v) is 4.02. The predicted molar refractivity (Wildman–Crippen MR) is 95.5 cm³/mol. The maximum absolute atomic E-state index is 11.9. The summed E-state index contributed by atoms with van der Waals surface area (Å²) in [5, 5.41) is 2.82. The lowest BCUT2D eigenvalue weighted by atomic mass is 10.2. The fourth-order valence-electron chi connectivity index (χ4n) is 2.77. The quantitative estimate of drug-likeness (QED) is 0.931. The molecule has 0 spiro atoms. The van der Waals surface area contributed by atoms with Gasteiger partial charge in [0.15, 0.2) is 0 Å². The van der Waals surface area contributed by atoms with Gasteiger partial charge in [0, 0.05) is 37.9 Å². The van der Waals surface area contributed by atoms with Crippen LogP contribution in [-0.4, -0.2) is 48.1 Å². The Morgan fingerprint density at radius 2 is 1.67 bits per heavy atom. The number of nitrogens with zero attached hydrogens (tertiary/aromatic N) is 4. The number of nitrogens with one attached hydrogen (secondary N) is 1. The van der Waals surface area contributed by atoms with Crippen molar-refractivity contribution in [3.05, 3.63) is 48.4 Å². The molecule has 0 bridgehead atoms. The molecule has 0 atom stereocenters. The number of hydrogen-bond donors (Lipinski definition) is 1. The Bertz CT molecular complexity index is 664. The van der Waals surface area contributed by atoms with Crippen molar-refractivity contribution in [3.8, 4) is 0 Å². The lowest BCUT2D eigenvalue weighted by Gasteiger charge is -2.36. The highest BCUT2D eigenvalue weighted by Crippen LogP contribution is 2.18. The molecule has 2 aromatic rings. The highest BCUT2D eigenvalue weighted by atomic mass is 16.1. The number of carbonyl (C=O) groups excluding carboxylic acids is 1. The van der Waals surface area contributed by atoms with Crippen molar-refractivity contribution in [2.75, 3.05) is 36.0 Å². The molecule has 1 fully saturated rings. The van der Waals surface area contributed by atoms with E-state index in [1.54, 1.807) is 12.4 Å². The molecule has 0 saturated carbocycles. The predicted octanol–water partition coefficient (Wildman–Crippen LogP) is 1.94. The average Bonchev–Trinajstić information content (AvgIpc) is 2.62. The number of anilines is 2. The fourth-order valence-corrected chi connectivity index (χ4v) is 2.77. The zero-order chi connectivity index (χ0) is 16.9. The molecular weight excluding hydrogens is 302 g/mol. The number of carbonyl (C=O) groups is 1. The lowest BCUT2D eigenvalue weighted by molar-refractivity contribution is 0.0937. The third-order valence-electron chi connectivity index (χ3n) is 4.02. The van der Waals surface area contributed by atoms with Gasteiger partial charge >= 0.3 is 0 Å². The van der Waals surface area contributed by atoms with Crippen molar-refractivity contribution < 1.29 is 4.79 Å². The number of piperazine rings is 1. The summed E-state index contributed by atoms with van der Waals surface area (Å²) in [6.45, 7) is 7.52. The highest BCUT2D eigenvalue weighted by molar-refractivity contribution is 5.92. The average molecular weight is 325 g/mol. The van der Waals surface area contributed by atoms with E-state index in [4.69, 9.17) is 0 Å². The Balaban J connectivity index is 1.59. The molecule has 126 valence electrons. The normalized spacial score (nSPS) is 14.8. The highest BCUT2D eigenvalue weighted by Gasteiger charge is 2.19. The molecule has 6 nitrogen and oxygen atoms in total. The van der Waals surface area contributed by atoms with Crippen molar-refractivity contribution in [3.63, 3.8) is 0 Å². The van der Waals surface area contributed by atoms with E-state index in [9.17, 15) is 4.79 Å². The van der Waals surface area contributed by atoms with Gasteiger partial charge in [-0.05, 0) is 26.0 Å². The summed E-state index contributed by atoms with van der Waals surface area (Å²) in [5.41, 5.74) is 1.61. The van der Waals surface area contributed by atoms with E-state index in [0.29, 0.717) is 5.69 Å². The molecule has 0 aliphatic carbocycles. The monoisotopic (exact) mass is 325 g/mol. The summed E-state index contributed by atoms with van der Waals surface area (Å²) < 4.78 is 0. The van der Waals surface area contributed by atoms with E-state index in [1.165, 1.54) is 5.69 Å².